The smallest absolute Gasteiger partial charge is 0.215 e. The summed E-state index contributed by atoms with van der Waals surface area (Å²) in [6, 6.07) is 8.02. The van der Waals surface area contributed by atoms with Gasteiger partial charge in [-0.2, -0.15) is 0 Å². The molecule has 0 aliphatic heterocycles. The van der Waals surface area contributed by atoms with Crippen LogP contribution in [0.25, 0.3) is 0 Å². The molecule has 0 saturated carbocycles. The molecule has 142 valence electrons. The maximum atomic E-state index is 12.2. The second kappa shape index (κ2) is 10.8. The number of rotatable bonds is 9. The van der Waals surface area contributed by atoms with E-state index in [1.807, 2.05) is 52.0 Å². The Bertz CT molecular complexity index is 660. The van der Waals surface area contributed by atoms with E-state index in [4.69, 9.17) is 0 Å². The SMILES string of the molecule is CCNC(=NCCS(=O)(=O)N(CC)CC)NC(C)c1ccccc1Br. The molecule has 0 bridgehead atoms. The third-order valence-electron chi connectivity index (χ3n) is 3.79. The van der Waals surface area contributed by atoms with Crippen LogP contribution in [0.4, 0.5) is 0 Å². The number of halogens is 1. The molecule has 0 aliphatic rings. The standard InChI is InChI=1S/C17H29BrN4O2S/c1-5-19-17(20-12-13-25(23,24)22(6-2)7-3)21-14(4)15-10-8-9-11-16(15)18/h8-11,14H,5-7,12-13H2,1-4H3,(H2,19,20,21). The fourth-order valence-corrected chi connectivity index (χ4v) is 4.44. The van der Waals surface area contributed by atoms with Crippen LogP contribution in [0.5, 0.6) is 0 Å². The van der Waals surface area contributed by atoms with E-state index in [9.17, 15) is 8.42 Å². The van der Waals surface area contributed by atoms with Gasteiger partial charge in [0.1, 0.15) is 0 Å². The van der Waals surface area contributed by atoms with Crippen LogP contribution < -0.4 is 10.6 Å². The van der Waals surface area contributed by atoms with Gasteiger partial charge in [0.2, 0.25) is 10.0 Å². The van der Waals surface area contributed by atoms with Crippen molar-refractivity contribution in [1.29, 1.82) is 0 Å². The van der Waals surface area contributed by atoms with Gasteiger partial charge in [-0.3, -0.25) is 4.99 Å². The summed E-state index contributed by atoms with van der Waals surface area (Å²) in [4.78, 5) is 4.42. The first-order chi connectivity index (χ1) is 11.9. The number of hydrogen-bond acceptors (Lipinski definition) is 3. The maximum absolute atomic E-state index is 12.2. The van der Waals surface area contributed by atoms with Gasteiger partial charge in [-0.05, 0) is 25.5 Å². The molecule has 0 radical (unpaired) electrons. The van der Waals surface area contributed by atoms with Crippen LogP contribution in [-0.2, 0) is 10.0 Å². The number of nitrogens with zero attached hydrogens (tertiary/aromatic N) is 2. The van der Waals surface area contributed by atoms with E-state index < -0.39 is 10.0 Å². The fourth-order valence-electron chi connectivity index (χ4n) is 2.45. The van der Waals surface area contributed by atoms with Crippen LogP contribution in [-0.4, -0.2) is 50.6 Å². The first kappa shape index (κ1) is 21.9. The van der Waals surface area contributed by atoms with E-state index in [-0.39, 0.29) is 18.3 Å². The lowest BCUT2D eigenvalue weighted by atomic mass is 10.1. The molecule has 8 heteroatoms. The molecule has 1 unspecified atom stereocenters. The summed E-state index contributed by atoms with van der Waals surface area (Å²) in [6.07, 6.45) is 0. The molecular formula is C17H29BrN4O2S. The summed E-state index contributed by atoms with van der Waals surface area (Å²) >= 11 is 3.55. The van der Waals surface area contributed by atoms with E-state index in [2.05, 4.69) is 31.6 Å². The topological polar surface area (TPSA) is 73.8 Å². The molecule has 2 N–H and O–H groups in total. The van der Waals surface area contributed by atoms with E-state index in [0.717, 1.165) is 10.0 Å². The minimum atomic E-state index is -3.26. The van der Waals surface area contributed by atoms with Crippen LogP contribution in [0.3, 0.4) is 0 Å². The number of guanidine groups is 1. The molecule has 6 nitrogen and oxygen atoms in total. The second-order valence-electron chi connectivity index (χ2n) is 5.55. The molecule has 0 spiro atoms. The molecule has 1 aromatic carbocycles. The Morgan fingerprint density at radius 1 is 1.24 bits per heavy atom. The van der Waals surface area contributed by atoms with Crippen molar-refractivity contribution in [3.8, 4) is 0 Å². The lowest BCUT2D eigenvalue weighted by molar-refractivity contribution is 0.445. The van der Waals surface area contributed by atoms with Gasteiger partial charge >= 0.3 is 0 Å². The Morgan fingerprint density at radius 2 is 1.88 bits per heavy atom. The molecule has 1 aromatic rings. The molecule has 0 aromatic heterocycles. The predicted molar refractivity (Wildman–Crippen MR) is 108 cm³/mol. The Hall–Kier alpha value is -1.12. The average Bonchev–Trinajstić information content (AvgIpc) is 2.56. The van der Waals surface area contributed by atoms with Crippen LogP contribution in [0.2, 0.25) is 0 Å². The van der Waals surface area contributed by atoms with Crippen molar-refractivity contribution in [3.63, 3.8) is 0 Å². The first-order valence-electron chi connectivity index (χ1n) is 8.62. The zero-order valence-electron chi connectivity index (χ0n) is 15.4. The van der Waals surface area contributed by atoms with E-state index in [0.29, 0.717) is 25.6 Å². The lowest BCUT2D eigenvalue weighted by Crippen LogP contribution is -2.39. The number of nitrogens with one attached hydrogen (secondary N) is 2. The van der Waals surface area contributed by atoms with E-state index in [1.54, 1.807) is 0 Å². The number of aliphatic imine (C=N–C) groups is 1. The van der Waals surface area contributed by atoms with Gasteiger partial charge in [0, 0.05) is 24.1 Å². The monoisotopic (exact) mass is 432 g/mol. The Balaban J connectivity index is 2.76. The van der Waals surface area contributed by atoms with Crippen LogP contribution >= 0.6 is 15.9 Å². The largest absolute Gasteiger partial charge is 0.357 e. The van der Waals surface area contributed by atoms with Crippen molar-refractivity contribution < 1.29 is 8.42 Å². The van der Waals surface area contributed by atoms with Gasteiger partial charge in [-0.25, -0.2) is 12.7 Å². The van der Waals surface area contributed by atoms with Crippen molar-refractivity contribution in [1.82, 2.24) is 14.9 Å². The molecular weight excluding hydrogens is 404 g/mol. The van der Waals surface area contributed by atoms with Crippen molar-refractivity contribution in [2.75, 3.05) is 31.9 Å². The zero-order valence-corrected chi connectivity index (χ0v) is 17.8. The van der Waals surface area contributed by atoms with E-state index >= 15 is 0 Å². The normalized spacial score (nSPS) is 13.8. The van der Waals surface area contributed by atoms with Gasteiger partial charge in [0.05, 0.1) is 18.3 Å². The van der Waals surface area contributed by atoms with Crippen molar-refractivity contribution in [2.45, 2.75) is 33.7 Å². The molecule has 25 heavy (non-hydrogen) atoms. The zero-order chi connectivity index (χ0) is 18.9. The highest BCUT2D eigenvalue weighted by molar-refractivity contribution is 9.10. The average molecular weight is 433 g/mol. The predicted octanol–water partition coefficient (Wildman–Crippen LogP) is 2.74. The fraction of sp³-hybridized carbons (Fsp3) is 0.588. The Labute approximate surface area is 160 Å². The quantitative estimate of drug-likeness (QED) is 0.464. The third-order valence-corrected chi connectivity index (χ3v) is 6.51. The van der Waals surface area contributed by atoms with Crippen molar-refractivity contribution >= 4 is 31.9 Å². The summed E-state index contributed by atoms with van der Waals surface area (Å²) in [6.45, 7) is 9.60. The van der Waals surface area contributed by atoms with Crippen LogP contribution in [0, 0.1) is 0 Å². The van der Waals surface area contributed by atoms with Gasteiger partial charge < -0.3 is 10.6 Å². The second-order valence-corrected chi connectivity index (χ2v) is 8.49. The molecule has 0 saturated heterocycles. The maximum Gasteiger partial charge on any atom is 0.215 e. The van der Waals surface area contributed by atoms with Crippen LogP contribution in [0.15, 0.2) is 33.7 Å². The van der Waals surface area contributed by atoms with E-state index in [1.165, 1.54) is 4.31 Å². The lowest BCUT2D eigenvalue weighted by Gasteiger charge is -2.20. The van der Waals surface area contributed by atoms with Gasteiger partial charge in [-0.15, -0.1) is 0 Å². The summed E-state index contributed by atoms with van der Waals surface area (Å²) in [7, 11) is -3.26. The van der Waals surface area contributed by atoms with Crippen molar-refractivity contribution in [2.24, 2.45) is 4.99 Å². The van der Waals surface area contributed by atoms with Gasteiger partial charge in [0.15, 0.2) is 5.96 Å². The Kier molecular flexibility index (Phi) is 9.45. The van der Waals surface area contributed by atoms with Crippen LogP contribution in [0.1, 0.15) is 39.3 Å². The summed E-state index contributed by atoms with van der Waals surface area (Å²) in [5.41, 5.74) is 1.11. The Morgan fingerprint density at radius 3 is 2.44 bits per heavy atom. The highest BCUT2D eigenvalue weighted by Crippen LogP contribution is 2.22. The molecule has 1 atom stereocenters. The molecule has 0 fully saturated rings. The molecule has 0 heterocycles. The van der Waals surface area contributed by atoms with Crippen molar-refractivity contribution in [3.05, 3.63) is 34.3 Å². The first-order valence-corrected chi connectivity index (χ1v) is 11.0. The number of sulfonamides is 1. The summed E-state index contributed by atoms with van der Waals surface area (Å²) in [5.74, 6) is 0.620. The number of benzene rings is 1. The third kappa shape index (κ3) is 6.95. The minimum absolute atomic E-state index is 0.00860. The molecule has 1 rings (SSSR count). The highest BCUT2D eigenvalue weighted by Gasteiger charge is 2.18. The minimum Gasteiger partial charge on any atom is -0.357 e. The summed E-state index contributed by atoms with van der Waals surface area (Å²) in [5, 5.41) is 6.48. The molecule has 0 aliphatic carbocycles. The van der Waals surface area contributed by atoms with Gasteiger partial charge in [0.25, 0.3) is 0 Å². The molecule has 0 amide bonds. The highest BCUT2D eigenvalue weighted by atomic mass is 79.9. The van der Waals surface area contributed by atoms with Gasteiger partial charge in [-0.1, -0.05) is 48.0 Å². The number of hydrogen-bond donors (Lipinski definition) is 2. The summed E-state index contributed by atoms with van der Waals surface area (Å²) < 4.78 is 26.9.